The summed E-state index contributed by atoms with van der Waals surface area (Å²) in [4.78, 5) is 11.3. The summed E-state index contributed by atoms with van der Waals surface area (Å²) in [6.07, 6.45) is 2.30. The summed E-state index contributed by atoms with van der Waals surface area (Å²) in [5, 5.41) is 1.52. The van der Waals surface area contributed by atoms with Crippen LogP contribution in [0.4, 0.5) is 8.78 Å². The molecule has 0 saturated carbocycles. The number of halogens is 3. The van der Waals surface area contributed by atoms with Gasteiger partial charge in [0.2, 0.25) is 0 Å². The fourth-order valence-corrected chi connectivity index (χ4v) is 3.57. The van der Waals surface area contributed by atoms with Crippen molar-refractivity contribution < 1.29 is 23.0 Å². The van der Waals surface area contributed by atoms with Crippen molar-refractivity contribution in [3.05, 3.63) is 53.2 Å². The van der Waals surface area contributed by atoms with Crippen LogP contribution in [-0.4, -0.2) is 23.8 Å². The monoisotopic (exact) mass is 435 g/mol. The molecule has 0 aliphatic rings. The Morgan fingerprint density at radius 3 is 2.47 bits per heavy atom. The van der Waals surface area contributed by atoms with E-state index in [0.717, 1.165) is 10.9 Å². The maximum absolute atomic E-state index is 14.5. The molecule has 4 nitrogen and oxygen atoms in total. The number of carbonyl (C=O) groups is 1. The first-order chi connectivity index (χ1) is 14.3. The lowest BCUT2D eigenvalue weighted by atomic mass is 10.0. The van der Waals surface area contributed by atoms with Gasteiger partial charge in [-0.05, 0) is 56.5 Å². The van der Waals surface area contributed by atoms with Gasteiger partial charge in [-0.25, -0.2) is 8.78 Å². The van der Waals surface area contributed by atoms with E-state index in [2.05, 4.69) is 0 Å². The minimum absolute atomic E-state index is 0.0123. The first kappa shape index (κ1) is 22.1. The van der Waals surface area contributed by atoms with Crippen molar-refractivity contribution >= 4 is 28.5 Å². The molecule has 0 spiro atoms. The van der Waals surface area contributed by atoms with Gasteiger partial charge in [0.25, 0.3) is 0 Å². The number of ether oxygens (including phenoxy) is 2. The molecule has 0 saturated heterocycles. The molecule has 0 N–H and O–H groups in total. The van der Waals surface area contributed by atoms with Gasteiger partial charge in [-0.3, -0.25) is 4.79 Å². The number of carbonyl (C=O) groups excluding carboxylic acids is 1. The van der Waals surface area contributed by atoms with Crippen LogP contribution in [0.5, 0.6) is 5.75 Å². The number of nitrogens with zero attached hydrogens (tertiary/aromatic N) is 1. The van der Waals surface area contributed by atoms with Gasteiger partial charge in [-0.2, -0.15) is 0 Å². The Hall–Kier alpha value is -2.60. The van der Waals surface area contributed by atoms with E-state index in [0.29, 0.717) is 29.2 Å². The van der Waals surface area contributed by atoms with Crippen molar-refractivity contribution in [3.8, 4) is 16.9 Å². The van der Waals surface area contributed by atoms with Crippen LogP contribution >= 0.6 is 11.6 Å². The van der Waals surface area contributed by atoms with Gasteiger partial charge < -0.3 is 14.0 Å². The minimum Gasteiger partial charge on any atom is -0.488 e. The third-order valence-corrected chi connectivity index (χ3v) is 5.05. The van der Waals surface area contributed by atoms with Gasteiger partial charge in [0.05, 0.1) is 23.8 Å². The van der Waals surface area contributed by atoms with Gasteiger partial charge in [-0.1, -0.05) is 23.7 Å². The Morgan fingerprint density at radius 1 is 1.13 bits per heavy atom. The highest BCUT2D eigenvalue weighted by Crippen LogP contribution is 2.34. The van der Waals surface area contributed by atoms with Crippen LogP contribution in [0.15, 0.2) is 36.5 Å². The van der Waals surface area contributed by atoms with Gasteiger partial charge >= 0.3 is 5.97 Å². The Balaban J connectivity index is 1.81. The zero-order valence-electron chi connectivity index (χ0n) is 17.2. The summed E-state index contributed by atoms with van der Waals surface area (Å²) in [5.74, 6) is -2.40. The molecule has 0 unspecified atom stereocenters. The van der Waals surface area contributed by atoms with E-state index in [9.17, 15) is 13.6 Å². The average Bonchev–Trinajstić information content (AvgIpc) is 3.03. The summed E-state index contributed by atoms with van der Waals surface area (Å²) < 4.78 is 41.2. The molecule has 1 aromatic heterocycles. The number of hydrogen-bond acceptors (Lipinski definition) is 3. The normalized spacial score (nSPS) is 11.3. The van der Waals surface area contributed by atoms with E-state index in [1.165, 1.54) is 12.1 Å². The van der Waals surface area contributed by atoms with E-state index in [1.54, 1.807) is 13.0 Å². The predicted octanol–water partition coefficient (Wildman–Crippen LogP) is 6.54. The quantitative estimate of drug-likeness (QED) is 0.298. The SMILES string of the molecule is CCOC(=O)CCCOc1c(F)cc(-c2ccc3c(Cl)cn(C(C)C)c3c2)cc1F. The van der Waals surface area contributed by atoms with E-state index >= 15 is 0 Å². The van der Waals surface area contributed by atoms with Crippen LogP contribution < -0.4 is 4.74 Å². The third kappa shape index (κ3) is 4.75. The lowest BCUT2D eigenvalue weighted by Crippen LogP contribution is -2.08. The van der Waals surface area contributed by atoms with Crippen LogP contribution in [0.2, 0.25) is 5.02 Å². The van der Waals surface area contributed by atoms with Crippen molar-refractivity contribution in [1.29, 1.82) is 0 Å². The topological polar surface area (TPSA) is 40.5 Å². The highest BCUT2D eigenvalue weighted by molar-refractivity contribution is 6.35. The zero-order valence-corrected chi connectivity index (χ0v) is 17.9. The van der Waals surface area contributed by atoms with Crippen molar-refractivity contribution in [3.63, 3.8) is 0 Å². The molecule has 3 aromatic rings. The summed E-state index contributed by atoms with van der Waals surface area (Å²) in [6, 6.07) is 8.18. The Morgan fingerprint density at radius 2 is 1.83 bits per heavy atom. The van der Waals surface area contributed by atoms with Gasteiger partial charge in [-0.15, -0.1) is 0 Å². The number of aromatic nitrogens is 1. The van der Waals surface area contributed by atoms with Crippen molar-refractivity contribution in [2.45, 2.75) is 39.7 Å². The fourth-order valence-electron chi connectivity index (χ4n) is 3.30. The van der Waals surface area contributed by atoms with Crippen molar-refractivity contribution in [2.75, 3.05) is 13.2 Å². The molecular weight excluding hydrogens is 412 g/mol. The highest BCUT2D eigenvalue weighted by atomic mass is 35.5. The lowest BCUT2D eigenvalue weighted by Gasteiger charge is -2.12. The molecule has 0 bridgehead atoms. The molecular formula is C23H24ClF2NO3. The first-order valence-electron chi connectivity index (χ1n) is 9.89. The summed E-state index contributed by atoms with van der Waals surface area (Å²) in [5.41, 5.74) is 1.97. The molecule has 30 heavy (non-hydrogen) atoms. The summed E-state index contributed by atoms with van der Waals surface area (Å²) in [7, 11) is 0. The predicted molar refractivity (Wildman–Crippen MR) is 114 cm³/mol. The van der Waals surface area contributed by atoms with Crippen molar-refractivity contribution in [1.82, 2.24) is 4.57 Å². The number of fused-ring (bicyclic) bond motifs is 1. The second kappa shape index (κ2) is 9.47. The zero-order chi connectivity index (χ0) is 21.8. The van der Waals surface area contributed by atoms with Crippen LogP contribution in [0, 0.1) is 11.6 Å². The van der Waals surface area contributed by atoms with Gasteiger partial charge in [0.1, 0.15) is 0 Å². The lowest BCUT2D eigenvalue weighted by molar-refractivity contribution is -0.143. The second-order valence-electron chi connectivity index (χ2n) is 7.24. The molecule has 1 heterocycles. The number of hydrogen-bond donors (Lipinski definition) is 0. The standard InChI is InChI=1S/C23H24ClF2NO3/c1-4-29-22(28)6-5-9-30-23-19(25)10-16(11-20(23)26)15-7-8-17-18(24)13-27(14(2)3)21(17)12-15/h7-8,10-14H,4-6,9H2,1-3H3. The molecule has 0 fully saturated rings. The number of rotatable bonds is 8. The molecule has 0 amide bonds. The molecule has 3 rings (SSSR count). The molecule has 0 radical (unpaired) electrons. The Labute approximate surface area is 179 Å². The Bertz CT molecular complexity index is 1040. The maximum atomic E-state index is 14.5. The van der Waals surface area contributed by atoms with Gasteiger partial charge in [0.15, 0.2) is 17.4 Å². The molecule has 2 aromatic carbocycles. The highest BCUT2D eigenvalue weighted by Gasteiger charge is 2.16. The Kier molecular flexibility index (Phi) is 6.98. The van der Waals surface area contributed by atoms with Crippen LogP contribution in [0.25, 0.3) is 22.0 Å². The smallest absolute Gasteiger partial charge is 0.305 e. The number of esters is 1. The number of benzene rings is 2. The molecule has 160 valence electrons. The van der Waals surface area contributed by atoms with Crippen molar-refractivity contribution in [2.24, 2.45) is 0 Å². The molecule has 0 atom stereocenters. The first-order valence-corrected chi connectivity index (χ1v) is 10.3. The molecule has 0 aliphatic heterocycles. The van der Waals surface area contributed by atoms with E-state index in [1.807, 2.05) is 36.7 Å². The summed E-state index contributed by atoms with van der Waals surface area (Å²) >= 11 is 6.30. The second-order valence-corrected chi connectivity index (χ2v) is 7.64. The fraction of sp³-hybridized carbons (Fsp3) is 0.348. The third-order valence-electron chi connectivity index (χ3n) is 4.75. The van der Waals surface area contributed by atoms with E-state index < -0.39 is 17.4 Å². The van der Waals surface area contributed by atoms with Crippen LogP contribution in [0.1, 0.15) is 39.7 Å². The maximum Gasteiger partial charge on any atom is 0.305 e. The van der Waals surface area contributed by atoms with E-state index in [-0.39, 0.29) is 25.0 Å². The molecule has 0 aliphatic carbocycles. The average molecular weight is 436 g/mol. The summed E-state index contributed by atoms with van der Waals surface area (Å²) in [6.45, 7) is 6.10. The van der Waals surface area contributed by atoms with E-state index in [4.69, 9.17) is 21.1 Å². The largest absolute Gasteiger partial charge is 0.488 e. The van der Waals surface area contributed by atoms with Crippen LogP contribution in [0.3, 0.4) is 0 Å². The molecule has 7 heteroatoms. The minimum atomic E-state index is -0.793. The van der Waals surface area contributed by atoms with Gasteiger partial charge in [0, 0.05) is 24.0 Å². The van der Waals surface area contributed by atoms with Crippen LogP contribution in [-0.2, 0) is 9.53 Å².